The molecule has 28 heavy (non-hydrogen) atoms. The van der Waals surface area contributed by atoms with Crippen molar-refractivity contribution in [1.82, 2.24) is 14.5 Å². The number of ether oxygens (including phenoxy) is 1. The van der Waals surface area contributed by atoms with E-state index in [1.54, 1.807) is 7.05 Å². The fourth-order valence-electron chi connectivity index (χ4n) is 3.85. The highest BCUT2D eigenvalue weighted by molar-refractivity contribution is 7.20. The Hall–Kier alpha value is -2.67. The molecular weight excluding hydrogens is 374 g/mol. The highest BCUT2D eigenvalue weighted by atomic mass is 32.1. The predicted molar refractivity (Wildman–Crippen MR) is 110 cm³/mol. The van der Waals surface area contributed by atoms with Crippen molar-refractivity contribution in [1.29, 1.82) is 0 Å². The third-order valence-corrected chi connectivity index (χ3v) is 6.48. The minimum atomic E-state index is -0.109. The van der Waals surface area contributed by atoms with Crippen LogP contribution < -0.4 is 10.3 Å². The van der Waals surface area contributed by atoms with Crippen molar-refractivity contribution in [3.63, 3.8) is 0 Å². The molecule has 0 N–H and O–H groups in total. The fraction of sp³-hybridized carbons (Fsp3) is 0.381. The van der Waals surface area contributed by atoms with Crippen molar-refractivity contribution < 1.29 is 9.53 Å². The molecule has 7 heteroatoms. The van der Waals surface area contributed by atoms with Gasteiger partial charge in [-0.1, -0.05) is 12.1 Å². The molecule has 2 aromatic heterocycles. The molecule has 146 valence electrons. The van der Waals surface area contributed by atoms with Crippen molar-refractivity contribution in [3.8, 4) is 5.75 Å². The third-order valence-electron chi connectivity index (χ3n) is 5.29. The van der Waals surface area contributed by atoms with E-state index in [0.717, 1.165) is 36.3 Å². The molecule has 3 aromatic rings. The van der Waals surface area contributed by atoms with Gasteiger partial charge in [-0.2, -0.15) is 0 Å². The Morgan fingerprint density at radius 3 is 2.79 bits per heavy atom. The number of likely N-dealkylation sites (tertiary alicyclic amines) is 1. The van der Waals surface area contributed by atoms with Gasteiger partial charge in [-0.3, -0.25) is 9.59 Å². The van der Waals surface area contributed by atoms with Crippen LogP contribution in [0.2, 0.25) is 0 Å². The van der Waals surface area contributed by atoms with Gasteiger partial charge in [0.25, 0.3) is 11.5 Å². The molecule has 3 heterocycles. The maximum absolute atomic E-state index is 13.4. The normalized spacial score (nSPS) is 16.7. The summed E-state index contributed by atoms with van der Waals surface area (Å²) >= 11 is 1.31. The molecule has 1 aliphatic rings. The van der Waals surface area contributed by atoms with Crippen LogP contribution >= 0.6 is 11.3 Å². The van der Waals surface area contributed by atoms with Crippen LogP contribution in [0.4, 0.5) is 0 Å². The lowest BCUT2D eigenvalue weighted by molar-refractivity contribution is 0.0740. The fourth-order valence-corrected chi connectivity index (χ4v) is 4.95. The van der Waals surface area contributed by atoms with E-state index in [-0.39, 0.29) is 17.5 Å². The molecule has 1 aliphatic heterocycles. The number of hydrogen-bond donors (Lipinski definition) is 0. The lowest BCUT2D eigenvalue weighted by Gasteiger charge is -2.25. The van der Waals surface area contributed by atoms with Gasteiger partial charge < -0.3 is 14.2 Å². The molecule has 1 fully saturated rings. The smallest absolute Gasteiger partial charge is 0.264 e. The Balaban J connectivity index is 1.67. The van der Waals surface area contributed by atoms with E-state index in [2.05, 4.69) is 4.98 Å². The average molecular weight is 398 g/mol. The van der Waals surface area contributed by atoms with E-state index < -0.39 is 0 Å². The monoisotopic (exact) mass is 397 g/mol. The van der Waals surface area contributed by atoms with Gasteiger partial charge in [-0.05, 0) is 49.9 Å². The first-order valence-corrected chi connectivity index (χ1v) is 10.3. The van der Waals surface area contributed by atoms with Crippen LogP contribution in [0.5, 0.6) is 5.75 Å². The number of carbonyl (C=O) groups excluding carboxylic acids is 1. The van der Waals surface area contributed by atoms with Crippen molar-refractivity contribution in [2.75, 3.05) is 13.2 Å². The molecule has 0 bridgehead atoms. The average Bonchev–Trinajstić information content (AvgIpc) is 3.30. The van der Waals surface area contributed by atoms with Crippen molar-refractivity contribution in [2.24, 2.45) is 7.05 Å². The van der Waals surface area contributed by atoms with Crippen LogP contribution in [-0.2, 0) is 7.05 Å². The second-order valence-electron chi connectivity index (χ2n) is 7.06. The first kappa shape index (κ1) is 18.7. The van der Waals surface area contributed by atoms with E-state index in [1.165, 1.54) is 22.2 Å². The van der Waals surface area contributed by atoms with E-state index in [9.17, 15) is 9.59 Å². The first-order chi connectivity index (χ1) is 13.5. The number of nitrogens with zero attached hydrogens (tertiary/aromatic N) is 3. The van der Waals surface area contributed by atoms with Crippen LogP contribution in [0.15, 0.2) is 35.4 Å². The molecule has 0 spiro atoms. The Kier molecular flexibility index (Phi) is 4.93. The van der Waals surface area contributed by atoms with Gasteiger partial charge >= 0.3 is 0 Å². The van der Waals surface area contributed by atoms with Gasteiger partial charge in [0, 0.05) is 13.6 Å². The van der Waals surface area contributed by atoms with Crippen molar-refractivity contribution in [3.05, 3.63) is 57.0 Å². The molecule has 0 aliphatic carbocycles. The van der Waals surface area contributed by atoms with Gasteiger partial charge in [-0.25, -0.2) is 4.98 Å². The van der Waals surface area contributed by atoms with Crippen LogP contribution in [0.1, 0.15) is 46.6 Å². The predicted octanol–water partition coefficient (Wildman–Crippen LogP) is 3.68. The SMILES string of the molecule is CCOc1ccc(C2CCCN2C(=O)c2sc3ncn(C)c(=O)c3c2C)cc1. The summed E-state index contributed by atoms with van der Waals surface area (Å²) in [6.45, 7) is 5.15. The summed E-state index contributed by atoms with van der Waals surface area (Å²) in [5, 5.41) is 0.551. The number of benzene rings is 1. The number of thiophene rings is 1. The van der Waals surface area contributed by atoms with Gasteiger partial charge in [-0.15, -0.1) is 11.3 Å². The number of hydrogen-bond acceptors (Lipinski definition) is 5. The van der Waals surface area contributed by atoms with E-state index >= 15 is 0 Å². The molecule has 1 unspecified atom stereocenters. The number of fused-ring (bicyclic) bond motifs is 1. The highest BCUT2D eigenvalue weighted by Crippen LogP contribution is 2.36. The number of aromatic nitrogens is 2. The van der Waals surface area contributed by atoms with E-state index in [1.807, 2.05) is 43.0 Å². The Labute approximate surface area is 167 Å². The van der Waals surface area contributed by atoms with Crippen LogP contribution in [0.3, 0.4) is 0 Å². The lowest BCUT2D eigenvalue weighted by atomic mass is 10.0. The van der Waals surface area contributed by atoms with Crippen LogP contribution in [0.25, 0.3) is 10.2 Å². The van der Waals surface area contributed by atoms with Gasteiger partial charge in [0.15, 0.2) is 0 Å². The lowest BCUT2D eigenvalue weighted by Crippen LogP contribution is -2.30. The zero-order valence-electron chi connectivity index (χ0n) is 16.3. The maximum atomic E-state index is 13.4. The summed E-state index contributed by atoms with van der Waals surface area (Å²) in [5.41, 5.74) is 1.74. The van der Waals surface area contributed by atoms with Crippen LogP contribution in [0, 0.1) is 6.92 Å². The summed E-state index contributed by atoms with van der Waals surface area (Å²) in [4.78, 5) is 33.3. The van der Waals surface area contributed by atoms with E-state index in [0.29, 0.717) is 21.7 Å². The molecule has 1 saturated heterocycles. The van der Waals surface area contributed by atoms with Crippen LogP contribution in [-0.4, -0.2) is 33.5 Å². The molecule has 1 atom stereocenters. The Morgan fingerprint density at radius 1 is 1.32 bits per heavy atom. The minimum absolute atomic E-state index is 0.0149. The van der Waals surface area contributed by atoms with Gasteiger partial charge in [0.2, 0.25) is 0 Å². The highest BCUT2D eigenvalue weighted by Gasteiger charge is 2.33. The zero-order chi connectivity index (χ0) is 19.8. The summed E-state index contributed by atoms with van der Waals surface area (Å²) in [7, 11) is 1.68. The first-order valence-electron chi connectivity index (χ1n) is 9.49. The maximum Gasteiger partial charge on any atom is 0.264 e. The molecule has 0 saturated carbocycles. The van der Waals surface area contributed by atoms with Crippen molar-refractivity contribution >= 4 is 27.5 Å². The molecule has 6 nitrogen and oxygen atoms in total. The quantitative estimate of drug-likeness (QED) is 0.674. The molecule has 1 aromatic carbocycles. The summed E-state index contributed by atoms with van der Waals surface area (Å²) in [5.74, 6) is 0.823. The zero-order valence-corrected chi connectivity index (χ0v) is 17.1. The largest absolute Gasteiger partial charge is 0.494 e. The van der Waals surface area contributed by atoms with Gasteiger partial charge in [0.1, 0.15) is 10.6 Å². The second-order valence-corrected chi connectivity index (χ2v) is 8.05. The second kappa shape index (κ2) is 7.39. The number of rotatable bonds is 4. The number of amides is 1. The molecule has 0 radical (unpaired) electrons. The number of aryl methyl sites for hydroxylation is 2. The molecule has 4 rings (SSSR count). The summed E-state index contributed by atoms with van der Waals surface area (Å²) in [6.07, 6.45) is 3.41. The molecular formula is C21H23N3O3S. The topological polar surface area (TPSA) is 64.4 Å². The Morgan fingerprint density at radius 2 is 2.07 bits per heavy atom. The number of carbonyl (C=O) groups is 1. The summed E-state index contributed by atoms with van der Waals surface area (Å²) in [6, 6.07) is 8.03. The van der Waals surface area contributed by atoms with Crippen molar-refractivity contribution in [2.45, 2.75) is 32.7 Å². The summed E-state index contributed by atoms with van der Waals surface area (Å²) < 4.78 is 6.97. The molecule has 1 amide bonds. The van der Waals surface area contributed by atoms with E-state index in [4.69, 9.17) is 4.74 Å². The Bertz CT molecular complexity index is 1080. The minimum Gasteiger partial charge on any atom is -0.494 e. The standard InChI is InChI=1S/C21H23N3O3S/c1-4-27-15-9-7-14(8-10-15)16-6-5-11-24(16)21(26)18-13(2)17-19(28-18)22-12-23(3)20(17)25/h7-10,12,16H,4-6,11H2,1-3H3. The third kappa shape index (κ3) is 3.09. The van der Waals surface area contributed by atoms with Gasteiger partial charge in [0.05, 0.1) is 29.2 Å².